The summed E-state index contributed by atoms with van der Waals surface area (Å²) in [6, 6.07) is 6.13. The first-order valence-corrected chi connectivity index (χ1v) is 8.46. The van der Waals surface area contributed by atoms with Crippen LogP contribution in [0.15, 0.2) is 28.9 Å². The molecule has 0 unspecified atom stereocenters. The number of hydrogen-bond donors (Lipinski definition) is 1. The molecule has 0 amide bonds. The van der Waals surface area contributed by atoms with Gasteiger partial charge in [-0.2, -0.15) is 0 Å². The minimum absolute atomic E-state index is 0.290. The van der Waals surface area contributed by atoms with E-state index in [4.69, 9.17) is 9.47 Å². The first-order valence-electron chi connectivity index (χ1n) is 7.67. The molecule has 3 rings (SSSR count). The second-order valence-electron chi connectivity index (χ2n) is 5.60. The fourth-order valence-corrected chi connectivity index (χ4v) is 3.13. The molecular formula is C17H19BrN2O3. The minimum atomic E-state index is -0.355. The summed E-state index contributed by atoms with van der Waals surface area (Å²) >= 11 is 3.49. The summed E-state index contributed by atoms with van der Waals surface area (Å²) in [6.45, 7) is 2.13. The number of pyridine rings is 1. The van der Waals surface area contributed by atoms with Crippen molar-refractivity contribution in [2.75, 3.05) is 19.0 Å². The highest BCUT2D eigenvalue weighted by Gasteiger charge is 2.30. The molecule has 0 spiro atoms. The Bertz CT molecular complexity index is 729. The fraction of sp³-hybridized carbons (Fsp3) is 0.412. The van der Waals surface area contributed by atoms with Crippen molar-refractivity contribution in [2.24, 2.45) is 0 Å². The van der Waals surface area contributed by atoms with E-state index < -0.39 is 0 Å². The Morgan fingerprint density at radius 2 is 2.22 bits per heavy atom. The number of aromatic nitrogens is 1. The Morgan fingerprint density at radius 1 is 1.43 bits per heavy atom. The summed E-state index contributed by atoms with van der Waals surface area (Å²) in [5, 5.41) is 4.39. The first-order chi connectivity index (χ1) is 11.1. The molecule has 1 aliphatic rings. The third-order valence-electron chi connectivity index (χ3n) is 4.10. The summed E-state index contributed by atoms with van der Waals surface area (Å²) in [5.41, 5.74) is 2.10. The van der Waals surface area contributed by atoms with E-state index in [0.29, 0.717) is 18.3 Å². The van der Waals surface area contributed by atoms with Crippen LogP contribution in [0.4, 0.5) is 5.69 Å². The van der Waals surface area contributed by atoms with Gasteiger partial charge in [0.25, 0.3) is 0 Å². The van der Waals surface area contributed by atoms with Crippen molar-refractivity contribution in [1.29, 1.82) is 0 Å². The zero-order valence-corrected chi connectivity index (χ0v) is 14.7. The minimum Gasteiger partial charge on any atom is -0.462 e. The molecule has 2 aromatic rings. The first kappa shape index (κ1) is 16.2. The number of nitrogens with zero attached hydrogens (tertiary/aromatic N) is 1. The molecule has 0 radical (unpaired) electrons. The molecule has 1 saturated carbocycles. The van der Waals surface area contributed by atoms with E-state index in [1.54, 1.807) is 20.2 Å². The molecule has 6 heteroatoms. The van der Waals surface area contributed by atoms with Crippen molar-refractivity contribution in [1.82, 2.24) is 4.98 Å². The van der Waals surface area contributed by atoms with Gasteiger partial charge < -0.3 is 14.8 Å². The lowest BCUT2D eigenvalue weighted by molar-refractivity contribution is 0.0328. The average Bonchev–Trinajstić information content (AvgIpc) is 2.50. The van der Waals surface area contributed by atoms with Crippen molar-refractivity contribution >= 4 is 38.5 Å². The summed E-state index contributed by atoms with van der Waals surface area (Å²) in [6.07, 6.45) is 3.73. The van der Waals surface area contributed by atoms with Crippen LogP contribution < -0.4 is 5.32 Å². The normalized spacial score (nSPS) is 20.1. The molecular weight excluding hydrogens is 360 g/mol. The maximum absolute atomic E-state index is 12.3. The number of methoxy groups -OCH3 is 1. The Kier molecular flexibility index (Phi) is 4.82. The van der Waals surface area contributed by atoms with Gasteiger partial charge in [-0.05, 0) is 38.0 Å². The number of rotatable bonds is 5. The van der Waals surface area contributed by atoms with Gasteiger partial charge in [-0.3, -0.25) is 4.98 Å². The maximum Gasteiger partial charge on any atom is 0.341 e. The van der Waals surface area contributed by atoms with Crippen LogP contribution in [0, 0.1) is 0 Å². The van der Waals surface area contributed by atoms with Gasteiger partial charge in [-0.25, -0.2) is 4.79 Å². The van der Waals surface area contributed by atoms with Gasteiger partial charge in [-0.1, -0.05) is 15.9 Å². The zero-order valence-electron chi connectivity index (χ0n) is 13.1. The summed E-state index contributed by atoms with van der Waals surface area (Å²) < 4.78 is 11.4. The molecule has 0 atom stereocenters. The standard InChI is InChI=1S/C17H19BrN2O3/c1-3-23-17(21)14-9-19-15-5-4-10(18)6-13(15)16(14)20-11-7-12(8-11)22-2/h4-6,9,11-12H,3,7-8H2,1-2H3,(H,19,20)/t11-,12+. The Labute approximate surface area is 143 Å². The van der Waals surface area contributed by atoms with E-state index >= 15 is 0 Å². The fourth-order valence-electron chi connectivity index (χ4n) is 2.76. The van der Waals surface area contributed by atoms with Crippen LogP contribution in [0.3, 0.4) is 0 Å². The number of fused-ring (bicyclic) bond motifs is 1. The van der Waals surface area contributed by atoms with Crippen LogP contribution in [0.5, 0.6) is 0 Å². The van der Waals surface area contributed by atoms with E-state index in [-0.39, 0.29) is 12.0 Å². The molecule has 122 valence electrons. The van der Waals surface area contributed by atoms with Crippen LogP contribution in [-0.4, -0.2) is 36.8 Å². The van der Waals surface area contributed by atoms with Crippen LogP contribution >= 0.6 is 15.9 Å². The second-order valence-corrected chi connectivity index (χ2v) is 6.51. The van der Waals surface area contributed by atoms with E-state index in [1.807, 2.05) is 18.2 Å². The van der Waals surface area contributed by atoms with Crippen LogP contribution in [-0.2, 0) is 9.47 Å². The average molecular weight is 379 g/mol. The van der Waals surface area contributed by atoms with E-state index in [1.165, 1.54) is 0 Å². The van der Waals surface area contributed by atoms with Gasteiger partial charge in [0.15, 0.2) is 0 Å². The van der Waals surface area contributed by atoms with E-state index in [0.717, 1.165) is 33.9 Å². The smallest absolute Gasteiger partial charge is 0.341 e. The van der Waals surface area contributed by atoms with Gasteiger partial charge in [0.2, 0.25) is 0 Å². The number of anilines is 1. The zero-order chi connectivity index (χ0) is 16.4. The van der Waals surface area contributed by atoms with Gasteiger partial charge in [-0.15, -0.1) is 0 Å². The molecule has 1 aromatic carbocycles. The third-order valence-corrected chi connectivity index (χ3v) is 4.60. The number of carbonyl (C=O) groups is 1. The third kappa shape index (κ3) is 3.33. The highest BCUT2D eigenvalue weighted by Crippen LogP contribution is 2.33. The monoisotopic (exact) mass is 378 g/mol. The van der Waals surface area contributed by atoms with Crippen molar-refractivity contribution in [3.05, 3.63) is 34.4 Å². The van der Waals surface area contributed by atoms with Crippen LogP contribution in [0.2, 0.25) is 0 Å². The molecule has 23 heavy (non-hydrogen) atoms. The number of benzene rings is 1. The number of halogens is 1. The summed E-state index contributed by atoms with van der Waals surface area (Å²) in [5.74, 6) is -0.355. The van der Waals surface area contributed by atoms with Crippen LogP contribution in [0.1, 0.15) is 30.1 Å². The molecule has 1 heterocycles. The molecule has 0 bridgehead atoms. The van der Waals surface area contributed by atoms with E-state index in [2.05, 4.69) is 26.2 Å². The van der Waals surface area contributed by atoms with Crippen molar-refractivity contribution in [3.8, 4) is 0 Å². The Balaban J connectivity index is 2.00. The number of carbonyl (C=O) groups excluding carboxylic acids is 1. The molecule has 1 fully saturated rings. The number of esters is 1. The summed E-state index contributed by atoms with van der Waals surface area (Å²) in [7, 11) is 1.73. The predicted molar refractivity (Wildman–Crippen MR) is 92.8 cm³/mol. The molecule has 0 aliphatic heterocycles. The van der Waals surface area contributed by atoms with E-state index in [9.17, 15) is 4.79 Å². The Hall–Kier alpha value is -1.66. The number of nitrogens with one attached hydrogen (secondary N) is 1. The van der Waals surface area contributed by atoms with Gasteiger partial charge >= 0.3 is 5.97 Å². The van der Waals surface area contributed by atoms with Crippen molar-refractivity contribution in [2.45, 2.75) is 31.9 Å². The van der Waals surface area contributed by atoms with Gasteiger partial charge in [0, 0.05) is 29.2 Å². The van der Waals surface area contributed by atoms with Crippen molar-refractivity contribution in [3.63, 3.8) is 0 Å². The highest BCUT2D eigenvalue weighted by molar-refractivity contribution is 9.10. The lowest BCUT2D eigenvalue weighted by atomic mass is 9.88. The molecule has 0 saturated heterocycles. The second kappa shape index (κ2) is 6.84. The molecule has 1 aliphatic carbocycles. The predicted octanol–water partition coefficient (Wildman–Crippen LogP) is 3.76. The SMILES string of the molecule is CCOC(=O)c1cnc2ccc(Br)cc2c1N[C@H]1C[C@@H](OC)C1. The molecule has 1 aromatic heterocycles. The topological polar surface area (TPSA) is 60.5 Å². The van der Waals surface area contributed by atoms with Gasteiger partial charge in [0.1, 0.15) is 5.56 Å². The number of ether oxygens (including phenoxy) is 2. The maximum atomic E-state index is 12.3. The number of hydrogen-bond acceptors (Lipinski definition) is 5. The highest BCUT2D eigenvalue weighted by atomic mass is 79.9. The summed E-state index contributed by atoms with van der Waals surface area (Å²) in [4.78, 5) is 16.6. The molecule has 1 N–H and O–H groups in total. The quantitative estimate of drug-likeness (QED) is 0.802. The molecule has 5 nitrogen and oxygen atoms in total. The van der Waals surface area contributed by atoms with Crippen LogP contribution in [0.25, 0.3) is 10.9 Å². The largest absolute Gasteiger partial charge is 0.462 e. The Morgan fingerprint density at radius 3 is 2.91 bits per heavy atom. The van der Waals surface area contributed by atoms with Crippen molar-refractivity contribution < 1.29 is 14.3 Å². The lowest BCUT2D eigenvalue weighted by Gasteiger charge is -2.36. The van der Waals surface area contributed by atoms with Gasteiger partial charge in [0.05, 0.1) is 23.9 Å². The lowest BCUT2D eigenvalue weighted by Crippen LogP contribution is -2.40.